The summed E-state index contributed by atoms with van der Waals surface area (Å²) < 4.78 is 0. The summed E-state index contributed by atoms with van der Waals surface area (Å²) in [6.07, 6.45) is 2.19. The number of carbonyl (C=O) groups excluding carboxylic acids is 2. The van der Waals surface area contributed by atoms with Crippen LogP contribution in [0.1, 0.15) is 24.5 Å². The summed E-state index contributed by atoms with van der Waals surface area (Å²) >= 11 is 1.16. The Labute approximate surface area is 153 Å². The van der Waals surface area contributed by atoms with Crippen molar-refractivity contribution in [3.63, 3.8) is 0 Å². The van der Waals surface area contributed by atoms with Crippen LogP contribution in [0.2, 0.25) is 0 Å². The molecular weight excluding hydrogens is 332 g/mol. The van der Waals surface area contributed by atoms with E-state index in [1.54, 1.807) is 14.1 Å². The van der Waals surface area contributed by atoms with Crippen LogP contribution in [0.3, 0.4) is 0 Å². The van der Waals surface area contributed by atoms with Crippen LogP contribution in [-0.4, -0.2) is 30.1 Å². The molecule has 0 fully saturated rings. The quantitative estimate of drug-likeness (QED) is 0.770. The van der Waals surface area contributed by atoms with Gasteiger partial charge < -0.3 is 10.2 Å². The number of rotatable bonds is 6. The van der Waals surface area contributed by atoms with Crippen LogP contribution in [0.15, 0.2) is 53.4 Å². The number of benzene rings is 2. The van der Waals surface area contributed by atoms with Crippen molar-refractivity contribution >= 4 is 28.6 Å². The molecule has 2 amide bonds. The lowest BCUT2D eigenvalue weighted by Gasteiger charge is -2.10. The molecule has 4 nitrogen and oxygen atoms in total. The normalized spacial score (nSPS) is 10.4. The van der Waals surface area contributed by atoms with Gasteiger partial charge in [0.25, 0.3) is 5.24 Å². The molecule has 0 aliphatic heterocycles. The van der Waals surface area contributed by atoms with Gasteiger partial charge in [0.15, 0.2) is 0 Å². The third-order valence-electron chi connectivity index (χ3n) is 3.78. The van der Waals surface area contributed by atoms with Crippen molar-refractivity contribution < 1.29 is 9.59 Å². The van der Waals surface area contributed by atoms with Crippen molar-refractivity contribution in [3.05, 3.63) is 59.7 Å². The highest BCUT2D eigenvalue weighted by molar-refractivity contribution is 8.13. The van der Waals surface area contributed by atoms with Crippen LogP contribution in [0.5, 0.6) is 0 Å². The maximum absolute atomic E-state index is 12.1. The molecule has 2 rings (SSSR count). The van der Waals surface area contributed by atoms with Gasteiger partial charge in [-0.1, -0.05) is 31.2 Å². The van der Waals surface area contributed by atoms with Gasteiger partial charge >= 0.3 is 0 Å². The second-order valence-electron chi connectivity index (χ2n) is 6.01. The highest BCUT2D eigenvalue weighted by Gasteiger charge is 2.07. The highest BCUT2D eigenvalue weighted by Crippen LogP contribution is 2.22. The van der Waals surface area contributed by atoms with Crippen molar-refractivity contribution in [1.82, 2.24) is 4.90 Å². The zero-order valence-electron chi connectivity index (χ0n) is 14.9. The van der Waals surface area contributed by atoms with Crippen LogP contribution in [-0.2, 0) is 17.6 Å². The molecule has 0 aromatic heterocycles. The Hall–Kier alpha value is -2.27. The number of hydrogen-bond donors (Lipinski definition) is 1. The molecule has 0 aliphatic rings. The topological polar surface area (TPSA) is 49.4 Å². The summed E-state index contributed by atoms with van der Waals surface area (Å²) in [5, 5.41) is 2.87. The number of carbonyl (C=O) groups is 2. The lowest BCUT2D eigenvalue weighted by atomic mass is 10.1. The van der Waals surface area contributed by atoms with Crippen LogP contribution in [0.4, 0.5) is 10.5 Å². The Balaban J connectivity index is 1.82. The second kappa shape index (κ2) is 9.28. The molecule has 0 bridgehead atoms. The first-order chi connectivity index (χ1) is 12.0. The molecule has 1 N–H and O–H groups in total. The van der Waals surface area contributed by atoms with E-state index in [4.69, 9.17) is 0 Å². The van der Waals surface area contributed by atoms with Gasteiger partial charge in [0.1, 0.15) is 0 Å². The Morgan fingerprint density at radius 2 is 1.56 bits per heavy atom. The van der Waals surface area contributed by atoms with Crippen LogP contribution < -0.4 is 5.32 Å². The third-order valence-corrected chi connectivity index (χ3v) is 4.83. The van der Waals surface area contributed by atoms with Gasteiger partial charge in [-0.15, -0.1) is 0 Å². The van der Waals surface area contributed by atoms with Gasteiger partial charge in [0.05, 0.1) is 0 Å². The summed E-state index contributed by atoms with van der Waals surface area (Å²) in [5.74, 6) is -0.00987. The molecule has 5 heteroatoms. The van der Waals surface area contributed by atoms with Crippen molar-refractivity contribution in [3.8, 4) is 0 Å². The number of thioether (sulfide) groups is 1. The van der Waals surface area contributed by atoms with E-state index >= 15 is 0 Å². The molecule has 0 unspecified atom stereocenters. The number of amides is 2. The Kier molecular flexibility index (Phi) is 7.07. The Morgan fingerprint density at radius 1 is 0.960 bits per heavy atom. The summed E-state index contributed by atoms with van der Waals surface area (Å²) in [7, 11) is 3.44. The standard InChI is InChI=1S/C20H24N2O2S/c1-4-15-5-7-16(8-6-15)9-14-19(23)21-17-10-12-18(13-11-17)25-20(24)22(2)3/h5-8,10-13H,4,9,14H2,1-3H3,(H,21,23). The summed E-state index contributed by atoms with van der Waals surface area (Å²) in [6, 6.07) is 15.7. The Morgan fingerprint density at radius 3 is 2.12 bits per heavy atom. The average molecular weight is 356 g/mol. The zero-order chi connectivity index (χ0) is 18.2. The monoisotopic (exact) mass is 356 g/mol. The average Bonchev–Trinajstić information content (AvgIpc) is 2.62. The molecule has 0 radical (unpaired) electrons. The SMILES string of the molecule is CCc1ccc(CCC(=O)Nc2ccc(SC(=O)N(C)C)cc2)cc1. The van der Waals surface area contributed by atoms with E-state index in [0.29, 0.717) is 6.42 Å². The number of nitrogens with zero attached hydrogens (tertiary/aromatic N) is 1. The first kappa shape index (κ1) is 19.1. The van der Waals surface area contributed by atoms with E-state index in [-0.39, 0.29) is 11.1 Å². The number of anilines is 1. The zero-order valence-corrected chi connectivity index (χ0v) is 15.7. The first-order valence-electron chi connectivity index (χ1n) is 8.35. The smallest absolute Gasteiger partial charge is 0.285 e. The van der Waals surface area contributed by atoms with Crippen LogP contribution in [0, 0.1) is 0 Å². The van der Waals surface area contributed by atoms with Gasteiger partial charge in [-0.2, -0.15) is 0 Å². The molecule has 0 saturated heterocycles. The van der Waals surface area contributed by atoms with Crippen LogP contribution >= 0.6 is 11.8 Å². The highest BCUT2D eigenvalue weighted by atomic mass is 32.2. The molecule has 25 heavy (non-hydrogen) atoms. The lowest BCUT2D eigenvalue weighted by molar-refractivity contribution is -0.116. The van der Waals surface area contributed by atoms with E-state index in [1.807, 2.05) is 24.3 Å². The largest absolute Gasteiger partial charge is 0.339 e. The number of hydrogen-bond acceptors (Lipinski definition) is 3. The molecular formula is C20H24N2O2S. The van der Waals surface area contributed by atoms with Crippen molar-refractivity contribution in [1.29, 1.82) is 0 Å². The molecule has 0 saturated carbocycles. The van der Waals surface area contributed by atoms with E-state index in [9.17, 15) is 9.59 Å². The van der Waals surface area contributed by atoms with Gasteiger partial charge in [-0.25, -0.2) is 0 Å². The molecule has 132 valence electrons. The van der Waals surface area contributed by atoms with Crippen LogP contribution in [0.25, 0.3) is 0 Å². The minimum Gasteiger partial charge on any atom is -0.339 e. The van der Waals surface area contributed by atoms with E-state index in [1.165, 1.54) is 16.0 Å². The summed E-state index contributed by atoms with van der Waals surface area (Å²) in [4.78, 5) is 26.1. The van der Waals surface area contributed by atoms with Gasteiger partial charge in [-0.05, 0) is 60.0 Å². The maximum atomic E-state index is 12.1. The maximum Gasteiger partial charge on any atom is 0.285 e. The minimum atomic E-state index is -0.0223. The van der Waals surface area contributed by atoms with Crippen molar-refractivity contribution in [2.45, 2.75) is 31.1 Å². The Bertz CT molecular complexity index is 709. The van der Waals surface area contributed by atoms with Gasteiger partial charge in [0, 0.05) is 31.1 Å². The molecule has 2 aromatic rings. The second-order valence-corrected chi connectivity index (χ2v) is 7.03. The van der Waals surface area contributed by atoms with Crippen molar-refractivity contribution in [2.24, 2.45) is 0 Å². The lowest BCUT2D eigenvalue weighted by Crippen LogP contribution is -2.16. The predicted octanol–water partition coefficient (Wildman–Crippen LogP) is 4.59. The van der Waals surface area contributed by atoms with E-state index in [2.05, 4.69) is 36.5 Å². The number of aryl methyl sites for hydroxylation is 2. The fraction of sp³-hybridized carbons (Fsp3) is 0.300. The fourth-order valence-electron chi connectivity index (χ4n) is 2.22. The van der Waals surface area contributed by atoms with Gasteiger partial charge in [0.2, 0.25) is 5.91 Å². The molecule has 0 spiro atoms. The molecule has 0 atom stereocenters. The third kappa shape index (κ3) is 6.27. The van der Waals surface area contributed by atoms with E-state index < -0.39 is 0 Å². The summed E-state index contributed by atoms with van der Waals surface area (Å²) in [5.41, 5.74) is 3.22. The van der Waals surface area contributed by atoms with Gasteiger partial charge in [-0.3, -0.25) is 9.59 Å². The minimum absolute atomic E-state index is 0.00987. The molecule has 2 aromatic carbocycles. The molecule has 0 heterocycles. The van der Waals surface area contributed by atoms with E-state index in [0.717, 1.165) is 35.2 Å². The molecule has 0 aliphatic carbocycles. The first-order valence-corrected chi connectivity index (χ1v) is 9.16. The predicted molar refractivity (Wildman–Crippen MR) is 104 cm³/mol. The number of nitrogens with one attached hydrogen (secondary N) is 1. The van der Waals surface area contributed by atoms with Crippen molar-refractivity contribution in [2.75, 3.05) is 19.4 Å². The summed E-state index contributed by atoms with van der Waals surface area (Å²) in [6.45, 7) is 2.13. The fourth-order valence-corrected chi connectivity index (χ4v) is 2.88.